The molecule has 0 aliphatic rings. The van der Waals surface area contributed by atoms with Crippen LogP contribution in [0.1, 0.15) is 28.9 Å². The Balaban J connectivity index is 2.24. The molecule has 4 nitrogen and oxygen atoms in total. The molecule has 2 aromatic rings. The molecule has 1 aromatic heterocycles. The fraction of sp³-hybridized carbons (Fsp3) is 0.250. The topological polar surface area (TPSA) is 45.2 Å². The molecule has 0 saturated heterocycles. The van der Waals surface area contributed by atoms with Crippen LogP contribution in [0.15, 0.2) is 48.8 Å². The normalized spacial score (nSPS) is 11.8. The van der Waals surface area contributed by atoms with Crippen molar-refractivity contribution in [3.05, 3.63) is 59.9 Å². The largest absolute Gasteiger partial charge is 0.378 e. The lowest BCUT2D eigenvalue weighted by atomic mass is 10.1. The maximum absolute atomic E-state index is 12.2. The summed E-state index contributed by atoms with van der Waals surface area (Å²) in [4.78, 5) is 17.8. The van der Waals surface area contributed by atoms with E-state index in [9.17, 15) is 4.79 Å². The Kier molecular flexibility index (Phi) is 4.35. The van der Waals surface area contributed by atoms with Crippen molar-refractivity contribution in [2.24, 2.45) is 0 Å². The molecule has 1 amide bonds. The van der Waals surface area contributed by atoms with E-state index in [1.807, 2.05) is 36.4 Å². The van der Waals surface area contributed by atoms with Gasteiger partial charge in [-0.3, -0.25) is 9.78 Å². The Morgan fingerprint density at radius 3 is 2.45 bits per heavy atom. The van der Waals surface area contributed by atoms with Gasteiger partial charge in [0.1, 0.15) is 0 Å². The summed E-state index contributed by atoms with van der Waals surface area (Å²) >= 11 is 0. The van der Waals surface area contributed by atoms with Gasteiger partial charge in [0.2, 0.25) is 0 Å². The van der Waals surface area contributed by atoms with Gasteiger partial charge in [-0.25, -0.2) is 0 Å². The number of rotatable bonds is 4. The van der Waals surface area contributed by atoms with Crippen molar-refractivity contribution in [2.45, 2.75) is 13.0 Å². The van der Waals surface area contributed by atoms with Crippen molar-refractivity contribution in [3.63, 3.8) is 0 Å². The molecule has 0 bridgehead atoms. The number of aromatic nitrogens is 1. The molecule has 1 N–H and O–H groups in total. The first-order valence-electron chi connectivity index (χ1n) is 6.56. The van der Waals surface area contributed by atoms with E-state index in [1.54, 1.807) is 31.4 Å². The summed E-state index contributed by atoms with van der Waals surface area (Å²) in [5.41, 5.74) is 2.65. The molecule has 0 aliphatic carbocycles. The molecule has 1 unspecified atom stereocenters. The molecule has 0 aliphatic heterocycles. The number of nitrogens with one attached hydrogen (secondary N) is 1. The predicted octanol–water partition coefficient (Wildman–Crippen LogP) is 2.96. The summed E-state index contributed by atoms with van der Waals surface area (Å²) in [7, 11) is 3.51. The third-order valence-corrected chi connectivity index (χ3v) is 3.14. The molecule has 0 saturated carbocycles. The highest BCUT2D eigenvalue weighted by Gasteiger charge is 2.14. The molecule has 20 heavy (non-hydrogen) atoms. The van der Waals surface area contributed by atoms with Gasteiger partial charge in [-0.1, -0.05) is 12.1 Å². The number of nitrogens with zero attached hydrogens (tertiary/aromatic N) is 2. The molecular formula is C16H19N3O. The second-order valence-electron chi connectivity index (χ2n) is 4.89. The summed E-state index contributed by atoms with van der Waals surface area (Å²) in [6.45, 7) is 2.06. The lowest BCUT2D eigenvalue weighted by molar-refractivity contribution is 0.0828. The van der Waals surface area contributed by atoms with Crippen LogP contribution in [-0.2, 0) is 0 Å². The lowest BCUT2D eigenvalue weighted by Crippen LogP contribution is -2.23. The Morgan fingerprint density at radius 1 is 1.15 bits per heavy atom. The molecule has 0 radical (unpaired) electrons. The second-order valence-corrected chi connectivity index (χ2v) is 4.89. The predicted molar refractivity (Wildman–Crippen MR) is 80.7 cm³/mol. The Labute approximate surface area is 119 Å². The van der Waals surface area contributed by atoms with E-state index in [-0.39, 0.29) is 11.9 Å². The standard InChI is InChI=1S/C16H19N3O/c1-12(13-8-10-17-11-9-13)18-15-7-5-4-6-14(15)16(20)19(2)3/h4-12,18H,1-3H3. The van der Waals surface area contributed by atoms with Crippen LogP contribution < -0.4 is 5.32 Å². The van der Waals surface area contributed by atoms with Crippen molar-refractivity contribution in [2.75, 3.05) is 19.4 Å². The van der Waals surface area contributed by atoms with Crippen LogP contribution in [0.5, 0.6) is 0 Å². The Morgan fingerprint density at radius 2 is 1.80 bits per heavy atom. The number of hydrogen-bond acceptors (Lipinski definition) is 3. The molecule has 1 atom stereocenters. The average Bonchev–Trinajstić information content (AvgIpc) is 2.48. The van der Waals surface area contributed by atoms with Crippen LogP contribution in [0.2, 0.25) is 0 Å². The smallest absolute Gasteiger partial charge is 0.255 e. The van der Waals surface area contributed by atoms with Gasteiger partial charge in [0.25, 0.3) is 5.91 Å². The first-order chi connectivity index (χ1) is 9.59. The van der Waals surface area contributed by atoms with Crippen molar-refractivity contribution in [1.29, 1.82) is 0 Å². The first-order valence-corrected chi connectivity index (χ1v) is 6.56. The number of para-hydroxylation sites is 1. The van der Waals surface area contributed by atoms with Gasteiger partial charge in [-0.05, 0) is 36.8 Å². The highest BCUT2D eigenvalue weighted by Crippen LogP contribution is 2.22. The zero-order valence-electron chi connectivity index (χ0n) is 12.0. The maximum atomic E-state index is 12.2. The molecule has 1 aromatic carbocycles. The second kappa shape index (κ2) is 6.19. The maximum Gasteiger partial charge on any atom is 0.255 e. The number of anilines is 1. The van der Waals surface area contributed by atoms with Gasteiger partial charge in [0.15, 0.2) is 0 Å². The minimum atomic E-state index is -0.00460. The van der Waals surface area contributed by atoms with Crippen molar-refractivity contribution >= 4 is 11.6 Å². The monoisotopic (exact) mass is 269 g/mol. The Bertz CT molecular complexity index is 581. The summed E-state index contributed by atoms with van der Waals surface area (Å²) in [6, 6.07) is 11.6. The number of carbonyl (C=O) groups is 1. The SMILES string of the molecule is CC(Nc1ccccc1C(=O)N(C)C)c1ccncc1. The van der Waals surface area contributed by atoms with Crippen LogP contribution in [0.3, 0.4) is 0 Å². The van der Waals surface area contributed by atoms with Crippen LogP contribution in [-0.4, -0.2) is 29.9 Å². The molecule has 104 valence electrons. The van der Waals surface area contributed by atoms with E-state index >= 15 is 0 Å². The van der Waals surface area contributed by atoms with Gasteiger partial charge >= 0.3 is 0 Å². The zero-order valence-corrected chi connectivity index (χ0v) is 12.0. The summed E-state index contributed by atoms with van der Waals surface area (Å²) < 4.78 is 0. The zero-order chi connectivity index (χ0) is 14.5. The van der Waals surface area contributed by atoms with Crippen molar-refractivity contribution < 1.29 is 4.79 Å². The van der Waals surface area contributed by atoms with E-state index in [0.717, 1.165) is 11.3 Å². The highest BCUT2D eigenvalue weighted by molar-refractivity contribution is 5.99. The third-order valence-electron chi connectivity index (χ3n) is 3.14. The van der Waals surface area contributed by atoms with E-state index < -0.39 is 0 Å². The van der Waals surface area contributed by atoms with Gasteiger partial charge in [0.05, 0.1) is 5.56 Å². The first kappa shape index (κ1) is 14.1. The molecule has 0 spiro atoms. The van der Waals surface area contributed by atoms with Crippen molar-refractivity contribution in [1.82, 2.24) is 9.88 Å². The van der Waals surface area contributed by atoms with E-state index in [0.29, 0.717) is 5.56 Å². The lowest BCUT2D eigenvalue weighted by Gasteiger charge is -2.19. The van der Waals surface area contributed by atoms with Gasteiger partial charge < -0.3 is 10.2 Å². The van der Waals surface area contributed by atoms with E-state index in [1.165, 1.54) is 0 Å². The quantitative estimate of drug-likeness (QED) is 0.928. The number of hydrogen-bond donors (Lipinski definition) is 1. The highest BCUT2D eigenvalue weighted by atomic mass is 16.2. The van der Waals surface area contributed by atoms with E-state index in [2.05, 4.69) is 17.2 Å². The summed E-state index contributed by atoms with van der Waals surface area (Å²) in [6.07, 6.45) is 3.54. The molecule has 1 heterocycles. The van der Waals surface area contributed by atoms with Crippen LogP contribution in [0.4, 0.5) is 5.69 Å². The summed E-state index contributed by atoms with van der Waals surface area (Å²) in [5.74, 6) is -0.00460. The average molecular weight is 269 g/mol. The summed E-state index contributed by atoms with van der Waals surface area (Å²) in [5, 5.41) is 3.39. The molecule has 4 heteroatoms. The van der Waals surface area contributed by atoms with Crippen LogP contribution >= 0.6 is 0 Å². The molecular weight excluding hydrogens is 250 g/mol. The van der Waals surface area contributed by atoms with Gasteiger partial charge in [0, 0.05) is 38.2 Å². The fourth-order valence-corrected chi connectivity index (χ4v) is 2.01. The van der Waals surface area contributed by atoms with Gasteiger partial charge in [-0.15, -0.1) is 0 Å². The molecule has 0 fully saturated rings. The van der Waals surface area contributed by atoms with Gasteiger partial charge in [-0.2, -0.15) is 0 Å². The van der Waals surface area contributed by atoms with Crippen molar-refractivity contribution in [3.8, 4) is 0 Å². The number of pyridine rings is 1. The van der Waals surface area contributed by atoms with Crippen LogP contribution in [0, 0.1) is 0 Å². The van der Waals surface area contributed by atoms with Crippen LogP contribution in [0.25, 0.3) is 0 Å². The number of carbonyl (C=O) groups excluding carboxylic acids is 1. The van der Waals surface area contributed by atoms with E-state index in [4.69, 9.17) is 0 Å². The number of amides is 1. The minimum Gasteiger partial charge on any atom is -0.378 e. The fourth-order valence-electron chi connectivity index (χ4n) is 2.01. The minimum absolute atomic E-state index is 0.00460. The molecule has 2 rings (SSSR count). The third kappa shape index (κ3) is 3.15. The Hall–Kier alpha value is -2.36. The number of benzene rings is 1.